The minimum Gasteiger partial charge on any atom is -0.393 e. The van der Waals surface area contributed by atoms with E-state index >= 15 is 0 Å². The van der Waals surface area contributed by atoms with Crippen molar-refractivity contribution < 1.29 is 5.11 Å². The van der Waals surface area contributed by atoms with Crippen LogP contribution in [-0.4, -0.2) is 22.2 Å². The van der Waals surface area contributed by atoms with Crippen molar-refractivity contribution in [3.63, 3.8) is 0 Å². The number of rotatable bonds is 2. The van der Waals surface area contributed by atoms with E-state index in [1.807, 2.05) is 6.07 Å². The van der Waals surface area contributed by atoms with E-state index in [0.717, 1.165) is 34.9 Å². The van der Waals surface area contributed by atoms with Crippen LogP contribution in [0.5, 0.6) is 0 Å². The monoisotopic (exact) mass is 352 g/mol. The molecule has 0 spiro atoms. The minimum absolute atomic E-state index is 0.166. The molecule has 0 amide bonds. The van der Waals surface area contributed by atoms with E-state index in [1.54, 1.807) is 6.20 Å². The number of aromatic nitrogens is 1. The molecule has 3 nitrogen and oxygen atoms in total. The van der Waals surface area contributed by atoms with Gasteiger partial charge in [0.05, 0.1) is 15.4 Å². The fourth-order valence-electron chi connectivity index (χ4n) is 2.04. The summed E-state index contributed by atoms with van der Waals surface area (Å²) in [5.41, 5.74) is 1.01. The zero-order valence-electron chi connectivity index (χ0n) is 8.79. The van der Waals surface area contributed by atoms with E-state index < -0.39 is 0 Å². The van der Waals surface area contributed by atoms with Crippen molar-refractivity contribution in [1.29, 1.82) is 0 Å². The van der Waals surface area contributed by atoms with Gasteiger partial charge < -0.3 is 10.4 Å². The first kappa shape index (κ1) is 12.4. The molecule has 1 aromatic rings. The highest BCUT2D eigenvalue weighted by Gasteiger charge is 2.20. The summed E-state index contributed by atoms with van der Waals surface area (Å²) in [5.74, 6) is 0. The standard InChI is InChI=1S/C11H14ClIN2O/c12-11-5-10(9(13)6-14-11)15-7-2-1-3-8(16)4-7/h5-8,16H,1-4H2,(H,14,15)/t7-,8-/m0/s1. The van der Waals surface area contributed by atoms with Crippen LogP contribution >= 0.6 is 34.2 Å². The van der Waals surface area contributed by atoms with Crippen LogP contribution in [0, 0.1) is 3.57 Å². The molecule has 1 fully saturated rings. The summed E-state index contributed by atoms with van der Waals surface area (Å²) in [6.45, 7) is 0. The Morgan fingerprint density at radius 2 is 2.31 bits per heavy atom. The lowest BCUT2D eigenvalue weighted by molar-refractivity contribution is 0.124. The number of nitrogens with one attached hydrogen (secondary N) is 1. The average molecular weight is 353 g/mol. The molecule has 2 N–H and O–H groups in total. The summed E-state index contributed by atoms with van der Waals surface area (Å²) in [4.78, 5) is 4.02. The van der Waals surface area contributed by atoms with Gasteiger partial charge in [0.15, 0.2) is 0 Å². The zero-order chi connectivity index (χ0) is 11.5. The Morgan fingerprint density at radius 1 is 1.50 bits per heavy atom. The SMILES string of the molecule is O[C@H]1CCC[C@H](Nc2cc(Cl)ncc2I)C1. The molecule has 0 radical (unpaired) electrons. The highest BCUT2D eigenvalue weighted by atomic mass is 127. The molecule has 1 aliphatic rings. The van der Waals surface area contributed by atoms with E-state index in [2.05, 4.69) is 32.9 Å². The van der Waals surface area contributed by atoms with Gasteiger partial charge in [-0.15, -0.1) is 0 Å². The second-order valence-corrected chi connectivity index (χ2v) is 5.70. The number of hydrogen-bond acceptors (Lipinski definition) is 3. The molecule has 88 valence electrons. The van der Waals surface area contributed by atoms with E-state index in [9.17, 15) is 5.11 Å². The maximum atomic E-state index is 9.60. The summed E-state index contributed by atoms with van der Waals surface area (Å²) in [5, 5.41) is 13.5. The molecule has 0 saturated heterocycles. The fraction of sp³-hybridized carbons (Fsp3) is 0.545. The number of nitrogens with zero attached hydrogens (tertiary/aromatic N) is 1. The predicted octanol–water partition coefficient (Wildman–Crippen LogP) is 3.06. The van der Waals surface area contributed by atoms with Crippen molar-refractivity contribution in [1.82, 2.24) is 4.98 Å². The lowest BCUT2D eigenvalue weighted by Crippen LogP contribution is -2.30. The second-order valence-electron chi connectivity index (χ2n) is 4.15. The molecule has 2 atom stereocenters. The number of hydrogen-bond donors (Lipinski definition) is 2. The molecule has 2 rings (SSSR count). The number of aliphatic hydroxyl groups is 1. The molecule has 0 bridgehead atoms. The lowest BCUT2D eigenvalue weighted by atomic mass is 9.93. The summed E-state index contributed by atoms with van der Waals surface area (Å²) in [7, 11) is 0. The van der Waals surface area contributed by atoms with Crippen molar-refractivity contribution >= 4 is 39.9 Å². The van der Waals surface area contributed by atoms with Crippen LogP contribution in [-0.2, 0) is 0 Å². The van der Waals surface area contributed by atoms with Gasteiger partial charge >= 0.3 is 0 Å². The Morgan fingerprint density at radius 3 is 3.06 bits per heavy atom. The third-order valence-electron chi connectivity index (χ3n) is 2.83. The first-order chi connectivity index (χ1) is 7.65. The number of anilines is 1. The zero-order valence-corrected chi connectivity index (χ0v) is 11.7. The largest absolute Gasteiger partial charge is 0.393 e. The molecule has 5 heteroatoms. The summed E-state index contributed by atoms with van der Waals surface area (Å²) >= 11 is 8.09. The topological polar surface area (TPSA) is 45.1 Å². The van der Waals surface area contributed by atoms with Crippen molar-refractivity contribution in [3.8, 4) is 0 Å². The fourth-order valence-corrected chi connectivity index (χ4v) is 2.65. The highest BCUT2D eigenvalue weighted by Crippen LogP contribution is 2.26. The second kappa shape index (κ2) is 5.51. The van der Waals surface area contributed by atoms with Crippen LogP contribution in [0.1, 0.15) is 25.7 Å². The third-order valence-corrected chi connectivity index (χ3v) is 3.89. The van der Waals surface area contributed by atoms with Gasteiger partial charge in [-0.05, 0) is 54.3 Å². The predicted molar refractivity (Wildman–Crippen MR) is 73.8 cm³/mol. The third kappa shape index (κ3) is 3.21. The minimum atomic E-state index is -0.166. The summed E-state index contributed by atoms with van der Waals surface area (Å²) in [6, 6.07) is 2.18. The maximum absolute atomic E-state index is 9.60. The maximum Gasteiger partial charge on any atom is 0.131 e. The smallest absolute Gasteiger partial charge is 0.131 e. The van der Waals surface area contributed by atoms with Crippen LogP contribution in [0.3, 0.4) is 0 Å². The Hall–Kier alpha value is -0.0700. The van der Waals surface area contributed by atoms with Crippen LogP contribution in [0.4, 0.5) is 5.69 Å². The van der Waals surface area contributed by atoms with E-state index in [1.165, 1.54) is 0 Å². The number of halogens is 2. The highest BCUT2D eigenvalue weighted by molar-refractivity contribution is 14.1. The van der Waals surface area contributed by atoms with Crippen LogP contribution in [0.15, 0.2) is 12.3 Å². The lowest BCUT2D eigenvalue weighted by Gasteiger charge is -2.27. The van der Waals surface area contributed by atoms with Crippen molar-refractivity contribution in [3.05, 3.63) is 21.0 Å². The van der Waals surface area contributed by atoms with Crippen molar-refractivity contribution in [2.75, 3.05) is 5.32 Å². The molecule has 1 aliphatic carbocycles. The van der Waals surface area contributed by atoms with Gasteiger partial charge in [-0.1, -0.05) is 11.6 Å². The first-order valence-corrected chi connectivity index (χ1v) is 6.86. The molecule has 0 unspecified atom stereocenters. The Balaban J connectivity index is 2.05. The van der Waals surface area contributed by atoms with Gasteiger partial charge in [0.25, 0.3) is 0 Å². The van der Waals surface area contributed by atoms with Gasteiger partial charge in [0.1, 0.15) is 5.15 Å². The van der Waals surface area contributed by atoms with Crippen molar-refractivity contribution in [2.45, 2.75) is 37.8 Å². The van der Waals surface area contributed by atoms with Gasteiger partial charge in [-0.3, -0.25) is 0 Å². The molecule has 1 aromatic heterocycles. The van der Waals surface area contributed by atoms with Gasteiger partial charge in [-0.25, -0.2) is 4.98 Å². The van der Waals surface area contributed by atoms with Gasteiger partial charge in [0.2, 0.25) is 0 Å². The Labute approximate surface area is 114 Å². The molecular formula is C11H14ClIN2O. The molecule has 0 aromatic carbocycles. The quantitative estimate of drug-likeness (QED) is 0.635. The molecule has 1 saturated carbocycles. The van der Waals surface area contributed by atoms with E-state index in [-0.39, 0.29) is 6.10 Å². The van der Waals surface area contributed by atoms with Gasteiger partial charge in [-0.2, -0.15) is 0 Å². The molecule has 16 heavy (non-hydrogen) atoms. The van der Waals surface area contributed by atoms with Crippen LogP contribution < -0.4 is 5.32 Å². The molecule has 1 heterocycles. The summed E-state index contributed by atoms with van der Waals surface area (Å²) < 4.78 is 1.06. The van der Waals surface area contributed by atoms with Crippen LogP contribution in [0.25, 0.3) is 0 Å². The number of pyridine rings is 1. The van der Waals surface area contributed by atoms with Crippen molar-refractivity contribution in [2.24, 2.45) is 0 Å². The normalized spacial score (nSPS) is 25.4. The van der Waals surface area contributed by atoms with E-state index in [0.29, 0.717) is 11.2 Å². The van der Waals surface area contributed by atoms with Gasteiger partial charge in [0, 0.05) is 12.2 Å². The van der Waals surface area contributed by atoms with Crippen LogP contribution in [0.2, 0.25) is 5.15 Å². The molecular weight excluding hydrogens is 338 g/mol. The average Bonchev–Trinajstić information content (AvgIpc) is 2.24. The van der Waals surface area contributed by atoms with E-state index in [4.69, 9.17) is 11.6 Å². The number of aliphatic hydroxyl groups excluding tert-OH is 1. The Kier molecular flexibility index (Phi) is 4.27. The molecule has 0 aliphatic heterocycles. The first-order valence-electron chi connectivity index (χ1n) is 5.41. The Bertz CT molecular complexity index is 375. The summed E-state index contributed by atoms with van der Waals surface area (Å²) in [6.07, 6.45) is 5.51.